The van der Waals surface area contributed by atoms with Gasteiger partial charge in [-0.3, -0.25) is 9.78 Å². The molecule has 1 amide bonds. The van der Waals surface area contributed by atoms with Gasteiger partial charge in [-0.15, -0.1) is 0 Å². The van der Waals surface area contributed by atoms with Crippen LogP contribution in [0.3, 0.4) is 0 Å². The van der Waals surface area contributed by atoms with Crippen LogP contribution in [0.15, 0.2) is 73.1 Å². The van der Waals surface area contributed by atoms with Crippen molar-refractivity contribution >= 4 is 23.0 Å². The first-order valence-corrected chi connectivity index (χ1v) is 8.33. The summed E-state index contributed by atoms with van der Waals surface area (Å²) >= 11 is 0. The summed E-state index contributed by atoms with van der Waals surface area (Å²) in [6, 6.07) is 19.6. The van der Waals surface area contributed by atoms with Crippen LogP contribution in [0.1, 0.15) is 22.8 Å². The summed E-state index contributed by atoms with van der Waals surface area (Å²) < 4.78 is 0. The van der Waals surface area contributed by atoms with Gasteiger partial charge in [0.1, 0.15) is 0 Å². The molecule has 0 atom stereocenters. The number of carbonyl (C=O) groups excluding carboxylic acids is 1. The van der Waals surface area contributed by atoms with Gasteiger partial charge in [0, 0.05) is 24.1 Å². The molecule has 25 heavy (non-hydrogen) atoms. The number of aryl methyl sites for hydroxylation is 1. The molecule has 4 heteroatoms. The predicted molar refractivity (Wildman–Crippen MR) is 102 cm³/mol. The van der Waals surface area contributed by atoms with Gasteiger partial charge >= 0.3 is 0 Å². The SMILES string of the molecule is CCN(C(=O)c1cncc(Nc2ccc(C)cc2)c1)c1ccccc1. The Morgan fingerprint density at radius 1 is 1.00 bits per heavy atom. The van der Waals surface area contributed by atoms with Gasteiger partial charge in [-0.2, -0.15) is 0 Å². The molecule has 0 unspecified atom stereocenters. The van der Waals surface area contributed by atoms with Crippen molar-refractivity contribution in [2.75, 3.05) is 16.8 Å². The summed E-state index contributed by atoms with van der Waals surface area (Å²) in [5.74, 6) is -0.0613. The van der Waals surface area contributed by atoms with Crippen molar-refractivity contribution in [3.63, 3.8) is 0 Å². The minimum Gasteiger partial charge on any atom is -0.354 e. The predicted octanol–water partition coefficient (Wildman–Crippen LogP) is 4.80. The fourth-order valence-electron chi connectivity index (χ4n) is 2.64. The van der Waals surface area contributed by atoms with Crippen molar-refractivity contribution in [1.82, 2.24) is 4.98 Å². The summed E-state index contributed by atoms with van der Waals surface area (Å²) in [5.41, 5.74) is 4.40. The average molecular weight is 331 g/mol. The number of pyridine rings is 1. The van der Waals surface area contributed by atoms with Crippen molar-refractivity contribution in [2.24, 2.45) is 0 Å². The Bertz CT molecular complexity index is 845. The lowest BCUT2D eigenvalue weighted by atomic mass is 10.2. The quantitative estimate of drug-likeness (QED) is 0.730. The molecule has 0 aliphatic rings. The number of nitrogens with zero attached hydrogens (tertiary/aromatic N) is 2. The van der Waals surface area contributed by atoms with Crippen molar-refractivity contribution < 1.29 is 4.79 Å². The van der Waals surface area contributed by atoms with Gasteiger partial charge in [0.25, 0.3) is 5.91 Å². The Kier molecular flexibility index (Phi) is 5.09. The molecule has 3 rings (SSSR count). The van der Waals surface area contributed by atoms with Crippen LogP contribution in [-0.2, 0) is 0 Å². The number of hydrogen-bond acceptors (Lipinski definition) is 3. The second-order valence-electron chi connectivity index (χ2n) is 5.84. The maximum atomic E-state index is 12.9. The Labute approximate surface area is 148 Å². The van der Waals surface area contributed by atoms with Gasteiger partial charge in [-0.05, 0) is 44.2 Å². The highest BCUT2D eigenvalue weighted by molar-refractivity contribution is 6.06. The number of anilines is 3. The normalized spacial score (nSPS) is 10.3. The molecule has 4 nitrogen and oxygen atoms in total. The van der Waals surface area contributed by atoms with Crippen LogP contribution in [0, 0.1) is 6.92 Å². The summed E-state index contributed by atoms with van der Waals surface area (Å²) in [4.78, 5) is 18.8. The second kappa shape index (κ2) is 7.62. The van der Waals surface area contributed by atoms with Gasteiger partial charge in [-0.25, -0.2) is 0 Å². The van der Waals surface area contributed by atoms with Crippen LogP contribution >= 0.6 is 0 Å². The van der Waals surface area contributed by atoms with E-state index in [0.29, 0.717) is 12.1 Å². The minimum absolute atomic E-state index is 0.0613. The molecule has 0 radical (unpaired) electrons. The average Bonchev–Trinajstić information content (AvgIpc) is 2.65. The fraction of sp³-hybridized carbons (Fsp3) is 0.143. The van der Waals surface area contributed by atoms with Gasteiger partial charge in [0.05, 0.1) is 17.4 Å². The number of nitrogens with one attached hydrogen (secondary N) is 1. The molecule has 0 spiro atoms. The van der Waals surface area contributed by atoms with Gasteiger partial charge in [0.15, 0.2) is 0 Å². The Morgan fingerprint density at radius 2 is 1.72 bits per heavy atom. The van der Waals surface area contributed by atoms with Crippen LogP contribution in [0.2, 0.25) is 0 Å². The summed E-state index contributed by atoms with van der Waals surface area (Å²) in [6.45, 7) is 4.61. The molecule has 1 N–H and O–H groups in total. The van der Waals surface area contributed by atoms with Crippen molar-refractivity contribution in [3.8, 4) is 0 Å². The van der Waals surface area contributed by atoms with E-state index in [4.69, 9.17) is 0 Å². The smallest absolute Gasteiger partial charge is 0.259 e. The number of rotatable bonds is 5. The molecule has 0 aliphatic carbocycles. The Morgan fingerprint density at radius 3 is 2.40 bits per heavy atom. The Hall–Kier alpha value is -3.14. The first kappa shape index (κ1) is 16.7. The van der Waals surface area contributed by atoms with Crippen LogP contribution in [0.25, 0.3) is 0 Å². The van der Waals surface area contributed by atoms with E-state index in [1.807, 2.05) is 74.5 Å². The van der Waals surface area contributed by atoms with E-state index >= 15 is 0 Å². The third-order valence-electron chi connectivity index (χ3n) is 3.95. The topological polar surface area (TPSA) is 45.2 Å². The molecule has 0 fully saturated rings. The number of hydrogen-bond donors (Lipinski definition) is 1. The van der Waals surface area contributed by atoms with Crippen molar-refractivity contribution in [1.29, 1.82) is 0 Å². The zero-order valence-electron chi connectivity index (χ0n) is 14.4. The summed E-state index contributed by atoms with van der Waals surface area (Å²) in [5, 5.41) is 3.29. The zero-order valence-corrected chi connectivity index (χ0v) is 14.4. The van der Waals surface area contributed by atoms with E-state index in [-0.39, 0.29) is 5.91 Å². The molecule has 0 aliphatic heterocycles. The molecule has 1 heterocycles. The molecule has 126 valence electrons. The molecular formula is C21H21N3O. The number of para-hydroxylation sites is 1. The monoisotopic (exact) mass is 331 g/mol. The van der Waals surface area contributed by atoms with E-state index in [1.165, 1.54) is 5.56 Å². The molecule has 0 bridgehead atoms. The van der Waals surface area contributed by atoms with Crippen LogP contribution in [0.5, 0.6) is 0 Å². The van der Waals surface area contributed by atoms with Crippen LogP contribution in [-0.4, -0.2) is 17.4 Å². The molecule has 1 aromatic heterocycles. The lowest BCUT2D eigenvalue weighted by Gasteiger charge is -2.21. The van der Waals surface area contributed by atoms with Crippen molar-refractivity contribution in [2.45, 2.75) is 13.8 Å². The van der Waals surface area contributed by atoms with Crippen LogP contribution in [0.4, 0.5) is 17.1 Å². The Balaban J connectivity index is 1.82. The standard InChI is InChI=1S/C21H21N3O/c1-3-24(20-7-5-4-6-8-20)21(25)17-13-19(15-22-14-17)23-18-11-9-16(2)10-12-18/h4-15,23H,3H2,1-2H3. The van der Waals surface area contributed by atoms with Gasteiger partial charge in [-0.1, -0.05) is 35.9 Å². The lowest BCUT2D eigenvalue weighted by molar-refractivity contribution is 0.0988. The fourth-order valence-corrected chi connectivity index (χ4v) is 2.64. The molecule has 2 aromatic carbocycles. The van der Waals surface area contributed by atoms with E-state index in [0.717, 1.165) is 17.1 Å². The molecular weight excluding hydrogens is 310 g/mol. The third-order valence-corrected chi connectivity index (χ3v) is 3.95. The van der Waals surface area contributed by atoms with Gasteiger partial charge < -0.3 is 10.2 Å². The number of benzene rings is 2. The highest BCUT2D eigenvalue weighted by Crippen LogP contribution is 2.20. The van der Waals surface area contributed by atoms with E-state index in [1.54, 1.807) is 17.3 Å². The largest absolute Gasteiger partial charge is 0.354 e. The number of carbonyl (C=O) groups is 1. The zero-order chi connectivity index (χ0) is 17.6. The highest BCUT2D eigenvalue weighted by Gasteiger charge is 2.16. The van der Waals surface area contributed by atoms with Crippen molar-refractivity contribution in [3.05, 3.63) is 84.2 Å². The number of amides is 1. The molecule has 0 saturated heterocycles. The first-order chi connectivity index (χ1) is 12.2. The third kappa shape index (κ3) is 4.04. The summed E-state index contributed by atoms with van der Waals surface area (Å²) in [6.07, 6.45) is 3.32. The molecule has 3 aromatic rings. The lowest BCUT2D eigenvalue weighted by Crippen LogP contribution is -2.30. The second-order valence-corrected chi connectivity index (χ2v) is 5.84. The van der Waals surface area contributed by atoms with E-state index in [9.17, 15) is 4.79 Å². The highest BCUT2D eigenvalue weighted by atomic mass is 16.2. The van der Waals surface area contributed by atoms with Crippen LogP contribution < -0.4 is 10.2 Å². The first-order valence-electron chi connectivity index (χ1n) is 8.33. The maximum Gasteiger partial charge on any atom is 0.259 e. The minimum atomic E-state index is -0.0613. The molecule has 0 saturated carbocycles. The van der Waals surface area contributed by atoms with E-state index < -0.39 is 0 Å². The van der Waals surface area contributed by atoms with E-state index in [2.05, 4.69) is 10.3 Å². The number of aromatic nitrogens is 1. The van der Waals surface area contributed by atoms with Gasteiger partial charge in [0.2, 0.25) is 0 Å². The summed E-state index contributed by atoms with van der Waals surface area (Å²) in [7, 11) is 0. The maximum absolute atomic E-state index is 12.9.